The zero-order valence-electron chi connectivity index (χ0n) is 19.6. The van der Waals surface area contributed by atoms with Crippen LogP contribution in [-0.4, -0.2) is 0 Å². The van der Waals surface area contributed by atoms with E-state index in [1.54, 1.807) is 5.57 Å². The van der Waals surface area contributed by atoms with E-state index in [9.17, 15) is 0 Å². The van der Waals surface area contributed by atoms with Crippen molar-refractivity contribution in [3.63, 3.8) is 0 Å². The van der Waals surface area contributed by atoms with Gasteiger partial charge < -0.3 is 0 Å². The van der Waals surface area contributed by atoms with Crippen molar-refractivity contribution in [2.24, 2.45) is 17.3 Å². The molecule has 26 heavy (non-hydrogen) atoms. The molecule has 2 unspecified atom stereocenters. The molecule has 2 atom stereocenters. The Morgan fingerprint density at radius 1 is 0.769 bits per heavy atom. The van der Waals surface area contributed by atoms with Gasteiger partial charge in [0.05, 0.1) is 0 Å². The van der Waals surface area contributed by atoms with Crippen molar-refractivity contribution in [1.29, 1.82) is 0 Å². The Balaban J connectivity index is 5.51. The van der Waals surface area contributed by atoms with Gasteiger partial charge >= 0.3 is 0 Å². The van der Waals surface area contributed by atoms with Crippen molar-refractivity contribution in [1.82, 2.24) is 0 Å². The lowest BCUT2D eigenvalue weighted by atomic mass is 9.60. The van der Waals surface area contributed by atoms with Gasteiger partial charge in [0.25, 0.3) is 0 Å². The van der Waals surface area contributed by atoms with E-state index in [1.807, 2.05) is 0 Å². The van der Waals surface area contributed by atoms with Crippen molar-refractivity contribution in [3.05, 3.63) is 11.6 Å². The third kappa shape index (κ3) is 8.18. The van der Waals surface area contributed by atoms with E-state index in [0.29, 0.717) is 5.41 Å². The fourth-order valence-electron chi connectivity index (χ4n) is 5.30. The van der Waals surface area contributed by atoms with Crippen LogP contribution >= 0.6 is 0 Å². The fraction of sp³-hybridized carbons (Fsp3) is 0.923. The first-order chi connectivity index (χ1) is 12.6. The smallest absolute Gasteiger partial charge is 0.00602 e. The van der Waals surface area contributed by atoms with Crippen LogP contribution in [0.15, 0.2) is 11.6 Å². The van der Waals surface area contributed by atoms with E-state index in [1.165, 1.54) is 89.9 Å². The van der Waals surface area contributed by atoms with Gasteiger partial charge in [0.2, 0.25) is 0 Å². The highest BCUT2D eigenvalue weighted by molar-refractivity contribution is 5.17. The second kappa shape index (κ2) is 15.8. The molecule has 0 N–H and O–H groups in total. The van der Waals surface area contributed by atoms with Gasteiger partial charge in [-0.05, 0) is 49.4 Å². The maximum absolute atomic E-state index is 2.68. The van der Waals surface area contributed by atoms with Crippen LogP contribution in [0.25, 0.3) is 0 Å². The molecule has 0 bridgehead atoms. The molecule has 0 aliphatic rings. The number of rotatable bonds is 17. The minimum Gasteiger partial charge on any atom is -0.0848 e. The quantitative estimate of drug-likeness (QED) is 0.178. The number of hydrogen-bond acceptors (Lipinski definition) is 0. The zero-order valence-corrected chi connectivity index (χ0v) is 19.6. The maximum atomic E-state index is 2.68. The Morgan fingerprint density at radius 3 is 1.88 bits per heavy atom. The van der Waals surface area contributed by atoms with Gasteiger partial charge in [-0.15, -0.1) is 0 Å². The van der Waals surface area contributed by atoms with Gasteiger partial charge in [-0.2, -0.15) is 0 Å². The molecule has 0 saturated heterocycles. The van der Waals surface area contributed by atoms with Crippen LogP contribution in [0.2, 0.25) is 0 Å². The average molecular weight is 365 g/mol. The van der Waals surface area contributed by atoms with Crippen LogP contribution in [0.3, 0.4) is 0 Å². The molecule has 0 rings (SSSR count). The number of hydrogen-bond donors (Lipinski definition) is 0. The topological polar surface area (TPSA) is 0 Å². The van der Waals surface area contributed by atoms with Gasteiger partial charge in [0.1, 0.15) is 0 Å². The van der Waals surface area contributed by atoms with Gasteiger partial charge in [0.15, 0.2) is 0 Å². The minimum atomic E-state index is 0.456. The summed E-state index contributed by atoms with van der Waals surface area (Å²) in [5, 5.41) is 0. The van der Waals surface area contributed by atoms with Crippen LogP contribution < -0.4 is 0 Å². The molecule has 0 amide bonds. The van der Waals surface area contributed by atoms with Gasteiger partial charge in [-0.25, -0.2) is 0 Å². The Labute approximate surface area is 167 Å². The molecule has 0 saturated carbocycles. The van der Waals surface area contributed by atoms with Crippen molar-refractivity contribution in [3.8, 4) is 0 Å². The fourth-order valence-corrected chi connectivity index (χ4v) is 5.30. The van der Waals surface area contributed by atoms with Crippen LogP contribution in [0.4, 0.5) is 0 Å². The zero-order chi connectivity index (χ0) is 19.8. The average Bonchev–Trinajstić information content (AvgIpc) is 2.67. The molecule has 0 heteroatoms. The lowest BCUT2D eigenvalue weighted by Gasteiger charge is -2.45. The van der Waals surface area contributed by atoms with Gasteiger partial charge in [-0.3, -0.25) is 0 Å². The summed E-state index contributed by atoms with van der Waals surface area (Å²) < 4.78 is 0. The van der Waals surface area contributed by atoms with Crippen LogP contribution in [0.1, 0.15) is 138 Å². The molecule has 0 aromatic carbocycles. The third-order valence-electron chi connectivity index (χ3n) is 7.06. The summed E-state index contributed by atoms with van der Waals surface area (Å²) in [4.78, 5) is 0. The molecular weight excluding hydrogens is 312 g/mol. The van der Waals surface area contributed by atoms with Crippen LogP contribution in [-0.2, 0) is 0 Å². The maximum Gasteiger partial charge on any atom is -0.00602 e. The Hall–Kier alpha value is -0.260. The second-order valence-corrected chi connectivity index (χ2v) is 8.58. The molecule has 0 aliphatic carbocycles. The van der Waals surface area contributed by atoms with Crippen molar-refractivity contribution in [2.45, 2.75) is 138 Å². The van der Waals surface area contributed by atoms with E-state index in [2.05, 4.69) is 54.5 Å². The summed E-state index contributed by atoms with van der Waals surface area (Å²) in [6, 6.07) is 0. The van der Waals surface area contributed by atoms with Crippen molar-refractivity contribution >= 4 is 0 Å². The van der Waals surface area contributed by atoms with E-state index >= 15 is 0 Å². The van der Waals surface area contributed by atoms with Crippen LogP contribution in [0.5, 0.6) is 0 Å². The standard InChI is InChI=1S/C26H52/c1-8-15-17-18-19-21-25(13-6)26(14-7,24(11-4)12-5)22-23(10-3)20-16-9-2/h21,23-24H,8-20,22H2,1-7H3. The molecule has 0 fully saturated rings. The predicted molar refractivity (Wildman–Crippen MR) is 122 cm³/mol. The summed E-state index contributed by atoms with van der Waals surface area (Å²) in [5.74, 6) is 1.76. The molecule has 0 spiro atoms. The molecule has 156 valence electrons. The molecule has 0 radical (unpaired) electrons. The molecule has 0 aliphatic heterocycles. The first kappa shape index (κ1) is 25.7. The molecule has 0 heterocycles. The predicted octanol–water partition coefficient (Wildman–Crippen LogP) is 9.73. The summed E-state index contributed by atoms with van der Waals surface area (Å²) in [6.07, 6.45) is 21.7. The van der Waals surface area contributed by atoms with E-state index in [-0.39, 0.29) is 0 Å². The van der Waals surface area contributed by atoms with Crippen molar-refractivity contribution < 1.29 is 0 Å². The molecule has 0 aromatic heterocycles. The summed E-state index contributed by atoms with van der Waals surface area (Å²) in [6.45, 7) is 16.8. The van der Waals surface area contributed by atoms with E-state index in [4.69, 9.17) is 0 Å². The lowest BCUT2D eigenvalue weighted by Crippen LogP contribution is -2.34. The highest BCUT2D eigenvalue weighted by Crippen LogP contribution is 2.50. The number of unbranched alkanes of at least 4 members (excludes halogenated alkanes) is 5. The van der Waals surface area contributed by atoms with Crippen molar-refractivity contribution in [2.75, 3.05) is 0 Å². The van der Waals surface area contributed by atoms with Gasteiger partial charge in [-0.1, -0.05) is 118 Å². The molecule has 0 aromatic rings. The normalized spacial score (nSPS) is 16.1. The lowest BCUT2D eigenvalue weighted by molar-refractivity contribution is 0.131. The van der Waals surface area contributed by atoms with E-state index < -0.39 is 0 Å². The first-order valence-corrected chi connectivity index (χ1v) is 12.3. The number of allylic oxidation sites excluding steroid dienone is 2. The SMILES string of the molecule is CCCCCCC=C(CC)C(CC)(CC(CC)CCCC)C(CC)CC. The summed E-state index contributed by atoms with van der Waals surface area (Å²) in [5.41, 5.74) is 2.26. The Bertz CT molecular complexity index is 336. The molecular formula is C26H52. The second-order valence-electron chi connectivity index (χ2n) is 8.58. The molecule has 0 nitrogen and oxygen atoms in total. The van der Waals surface area contributed by atoms with E-state index in [0.717, 1.165) is 11.8 Å². The van der Waals surface area contributed by atoms with Gasteiger partial charge in [0, 0.05) is 0 Å². The Morgan fingerprint density at radius 2 is 1.42 bits per heavy atom. The monoisotopic (exact) mass is 364 g/mol. The Kier molecular flexibility index (Phi) is 15.6. The first-order valence-electron chi connectivity index (χ1n) is 12.3. The largest absolute Gasteiger partial charge is 0.0848 e. The third-order valence-corrected chi connectivity index (χ3v) is 7.06. The minimum absolute atomic E-state index is 0.456. The summed E-state index contributed by atoms with van der Waals surface area (Å²) >= 11 is 0. The highest BCUT2D eigenvalue weighted by Gasteiger charge is 2.39. The van der Waals surface area contributed by atoms with Crippen LogP contribution in [0, 0.1) is 17.3 Å². The highest BCUT2D eigenvalue weighted by atomic mass is 14.4. The summed E-state index contributed by atoms with van der Waals surface area (Å²) in [7, 11) is 0.